The number of hydrogen-bond acceptors (Lipinski definition) is 8. The number of aromatic nitrogens is 4. The molecule has 0 saturated carbocycles. The summed E-state index contributed by atoms with van der Waals surface area (Å²) in [7, 11) is 1.79. The number of nitrogens with zero attached hydrogens (tertiary/aromatic N) is 7. The lowest BCUT2D eigenvalue weighted by Gasteiger charge is -2.28. The zero-order valence-electron chi connectivity index (χ0n) is 23.9. The monoisotopic (exact) mass is 560 g/mol. The van der Waals surface area contributed by atoms with Crippen LogP contribution < -0.4 is 5.73 Å². The number of benzene rings is 1. The first-order valence-corrected chi connectivity index (χ1v) is 13.0. The number of rotatable bonds is 9. The van der Waals surface area contributed by atoms with Crippen LogP contribution in [0.1, 0.15) is 31.2 Å². The SMILES string of the molecule is C#C.C#C.C=N/C(=C\C=C(/C)C(=O)N(C)CCCCc1nc2c3cc(F)cc(C)c3nc(N)n2n1)N1CCOCC1. The van der Waals surface area contributed by atoms with Crippen molar-refractivity contribution in [2.75, 3.05) is 45.6 Å². The number of aliphatic imine (C=N–C) groups is 1. The molecule has 0 unspecified atom stereocenters. The molecule has 1 aromatic carbocycles. The number of fused-ring (bicyclic) bond motifs is 3. The lowest BCUT2D eigenvalue weighted by molar-refractivity contribution is -0.125. The van der Waals surface area contributed by atoms with Crippen molar-refractivity contribution in [3.63, 3.8) is 0 Å². The van der Waals surface area contributed by atoms with E-state index in [0.717, 1.165) is 31.8 Å². The molecule has 3 heterocycles. The van der Waals surface area contributed by atoms with E-state index in [2.05, 4.69) is 57.4 Å². The molecule has 2 aromatic heterocycles. The van der Waals surface area contributed by atoms with Crippen LogP contribution in [0.2, 0.25) is 0 Å². The summed E-state index contributed by atoms with van der Waals surface area (Å²) in [5, 5.41) is 5.04. The Morgan fingerprint density at radius 1 is 1.20 bits per heavy atom. The molecule has 1 saturated heterocycles. The second-order valence-corrected chi connectivity index (χ2v) is 9.17. The number of allylic oxidation sites excluding steroid dienone is 2. The number of morpholine rings is 1. The fourth-order valence-corrected chi connectivity index (χ4v) is 4.37. The molecule has 216 valence electrons. The van der Waals surface area contributed by atoms with E-state index >= 15 is 0 Å². The number of nitrogens with two attached hydrogens (primary N) is 1. The smallest absolute Gasteiger partial charge is 0.249 e. The summed E-state index contributed by atoms with van der Waals surface area (Å²) >= 11 is 0. The van der Waals surface area contributed by atoms with Gasteiger partial charge in [0.15, 0.2) is 11.5 Å². The number of unbranched alkanes of at least 4 members (excludes halogenated alkanes) is 1. The number of anilines is 1. The lowest BCUT2D eigenvalue weighted by Crippen LogP contribution is -2.35. The topological polar surface area (TPSA) is 114 Å². The maximum atomic E-state index is 14.0. The second-order valence-electron chi connectivity index (χ2n) is 9.17. The minimum Gasteiger partial charge on any atom is -0.378 e. The number of nitrogen functional groups attached to an aromatic ring is 1. The van der Waals surface area contributed by atoms with E-state index in [1.165, 1.54) is 16.6 Å². The predicted molar refractivity (Wildman–Crippen MR) is 162 cm³/mol. The van der Waals surface area contributed by atoms with Crippen LogP contribution in [0.3, 0.4) is 0 Å². The number of aryl methyl sites for hydroxylation is 2. The molecule has 0 bridgehead atoms. The fraction of sp³-hybridized carbons (Fsp3) is 0.367. The summed E-state index contributed by atoms with van der Waals surface area (Å²) in [6.07, 6.45) is 21.8. The number of halogens is 1. The van der Waals surface area contributed by atoms with Crippen LogP contribution in [0.5, 0.6) is 0 Å². The van der Waals surface area contributed by atoms with Crippen LogP contribution in [0, 0.1) is 38.4 Å². The van der Waals surface area contributed by atoms with Gasteiger partial charge in [0.1, 0.15) is 11.6 Å². The number of carbonyl (C=O) groups is 1. The zero-order valence-corrected chi connectivity index (χ0v) is 23.9. The van der Waals surface area contributed by atoms with Gasteiger partial charge >= 0.3 is 0 Å². The van der Waals surface area contributed by atoms with E-state index in [0.29, 0.717) is 59.7 Å². The van der Waals surface area contributed by atoms with Gasteiger partial charge in [-0.25, -0.2) is 19.4 Å². The summed E-state index contributed by atoms with van der Waals surface area (Å²) in [6.45, 7) is 10.6. The van der Waals surface area contributed by atoms with Gasteiger partial charge in [-0.05, 0) is 57.2 Å². The van der Waals surface area contributed by atoms with E-state index in [4.69, 9.17) is 10.5 Å². The minimum atomic E-state index is -0.353. The van der Waals surface area contributed by atoms with Crippen molar-refractivity contribution < 1.29 is 13.9 Å². The highest BCUT2D eigenvalue weighted by Crippen LogP contribution is 2.24. The van der Waals surface area contributed by atoms with E-state index in [1.807, 2.05) is 6.08 Å². The fourth-order valence-electron chi connectivity index (χ4n) is 4.37. The molecular formula is C30H37FN8O2. The van der Waals surface area contributed by atoms with Crippen molar-refractivity contribution in [1.82, 2.24) is 29.4 Å². The van der Waals surface area contributed by atoms with E-state index < -0.39 is 0 Å². The molecule has 1 fully saturated rings. The number of ether oxygens (including phenoxy) is 1. The zero-order chi connectivity index (χ0) is 30.5. The van der Waals surface area contributed by atoms with Crippen molar-refractivity contribution in [3.8, 4) is 25.7 Å². The average molecular weight is 561 g/mol. The number of hydrogen-bond donors (Lipinski definition) is 1. The number of terminal acetylenes is 2. The second kappa shape index (κ2) is 15.8. The Hall–Kier alpha value is -4.74. The average Bonchev–Trinajstić information content (AvgIpc) is 3.44. The summed E-state index contributed by atoms with van der Waals surface area (Å²) in [4.78, 5) is 29.6. The summed E-state index contributed by atoms with van der Waals surface area (Å²) in [6, 6.07) is 2.83. The predicted octanol–water partition coefficient (Wildman–Crippen LogP) is 3.41. The summed E-state index contributed by atoms with van der Waals surface area (Å²) in [5.74, 6) is 1.15. The molecule has 1 aliphatic rings. The molecule has 11 heteroatoms. The van der Waals surface area contributed by atoms with Crippen LogP contribution in [0.25, 0.3) is 16.6 Å². The molecule has 0 spiro atoms. The molecular weight excluding hydrogens is 523 g/mol. The Bertz CT molecular complexity index is 1460. The van der Waals surface area contributed by atoms with Gasteiger partial charge in [-0.2, -0.15) is 4.52 Å². The normalized spacial score (nSPS) is 13.6. The van der Waals surface area contributed by atoms with Crippen molar-refractivity contribution in [2.24, 2.45) is 4.99 Å². The number of likely N-dealkylation sites (N-methyl/N-ethyl adjacent to an activating group) is 1. The first kappa shape index (κ1) is 32.5. The van der Waals surface area contributed by atoms with E-state index in [1.54, 1.807) is 31.9 Å². The van der Waals surface area contributed by atoms with Crippen LogP contribution in [0.4, 0.5) is 10.3 Å². The van der Waals surface area contributed by atoms with Crippen LogP contribution in [-0.4, -0.2) is 81.9 Å². The summed E-state index contributed by atoms with van der Waals surface area (Å²) in [5.41, 5.74) is 8.50. The van der Waals surface area contributed by atoms with Crippen LogP contribution in [0.15, 0.2) is 40.7 Å². The van der Waals surface area contributed by atoms with Crippen molar-refractivity contribution in [2.45, 2.75) is 33.1 Å². The number of carbonyl (C=O) groups excluding carboxylic acids is 1. The maximum Gasteiger partial charge on any atom is 0.249 e. The largest absolute Gasteiger partial charge is 0.378 e. The Labute approximate surface area is 240 Å². The molecule has 1 aliphatic heterocycles. The molecule has 0 atom stereocenters. The molecule has 2 N–H and O–H groups in total. The Kier molecular flexibility index (Phi) is 12.5. The van der Waals surface area contributed by atoms with Gasteiger partial charge in [-0.15, -0.1) is 30.8 Å². The molecule has 4 rings (SSSR count). The lowest BCUT2D eigenvalue weighted by atomic mass is 10.1. The molecule has 41 heavy (non-hydrogen) atoms. The molecule has 3 aromatic rings. The minimum absolute atomic E-state index is 0.0461. The Morgan fingerprint density at radius 2 is 1.88 bits per heavy atom. The van der Waals surface area contributed by atoms with Gasteiger partial charge < -0.3 is 20.3 Å². The third-order valence-corrected chi connectivity index (χ3v) is 6.41. The highest BCUT2D eigenvalue weighted by atomic mass is 19.1. The number of amides is 1. The Balaban J connectivity index is 0.00000141. The van der Waals surface area contributed by atoms with Gasteiger partial charge in [-0.3, -0.25) is 4.79 Å². The van der Waals surface area contributed by atoms with Crippen molar-refractivity contribution in [3.05, 3.63) is 52.9 Å². The molecule has 0 aliphatic carbocycles. The third kappa shape index (κ3) is 8.13. The van der Waals surface area contributed by atoms with Gasteiger partial charge in [0.05, 0.1) is 18.7 Å². The maximum absolute atomic E-state index is 14.0. The molecule has 0 radical (unpaired) electrons. The first-order valence-electron chi connectivity index (χ1n) is 13.0. The van der Waals surface area contributed by atoms with Crippen molar-refractivity contribution >= 4 is 35.1 Å². The quantitative estimate of drug-likeness (QED) is 0.140. The van der Waals surface area contributed by atoms with Crippen molar-refractivity contribution in [1.29, 1.82) is 0 Å². The molecule has 10 nitrogen and oxygen atoms in total. The standard InChI is InChI=1S/C26H33FN8O2.2C2H2/c1-17(8-9-22(29-3)34-11-13-37-14-12-34)25(36)33(4)10-6-5-7-21-30-24-20-16-19(27)15-18(2)23(20)31-26(28)35(24)32-21;2*1-2/h8-9,15-16H,3,5-7,10-14H2,1-2,4H3,(H2,28,31);2*1-2H/b17-8+,22-9+;;. The van der Waals surface area contributed by atoms with Gasteiger partial charge in [0.25, 0.3) is 0 Å². The third-order valence-electron chi connectivity index (χ3n) is 6.41. The summed E-state index contributed by atoms with van der Waals surface area (Å²) < 4.78 is 20.8. The van der Waals surface area contributed by atoms with Gasteiger partial charge in [-0.1, -0.05) is 6.08 Å². The van der Waals surface area contributed by atoms with E-state index in [-0.39, 0.29) is 17.7 Å². The van der Waals surface area contributed by atoms with Crippen LogP contribution >= 0.6 is 0 Å². The van der Waals surface area contributed by atoms with Crippen LogP contribution in [-0.2, 0) is 16.0 Å². The highest BCUT2D eigenvalue weighted by Gasteiger charge is 2.16. The highest BCUT2D eigenvalue weighted by molar-refractivity contribution is 5.94. The van der Waals surface area contributed by atoms with Gasteiger partial charge in [0.2, 0.25) is 11.9 Å². The Morgan fingerprint density at radius 3 is 2.54 bits per heavy atom. The van der Waals surface area contributed by atoms with E-state index in [9.17, 15) is 9.18 Å². The molecule has 1 amide bonds. The first-order chi connectivity index (χ1) is 19.8. The van der Waals surface area contributed by atoms with Gasteiger partial charge in [0, 0.05) is 44.1 Å².